The standard InChI is InChI=1S/C17H22O2S/c1-10(2)13-8-12(9-14(11(3)4)17(13)19)16(18)15-6-5-7-20-15/h5,7-11,15,19H,6H2,1-4H3. The predicted octanol–water partition coefficient (Wildman–Crippen LogP) is 4.84. The molecule has 20 heavy (non-hydrogen) atoms. The Kier molecular flexibility index (Phi) is 4.59. The van der Waals surface area contributed by atoms with Gasteiger partial charge in [0.1, 0.15) is 5.75 Å². The van der Waals surface area contributed by atoms with E-state index in [2.05, 4.69) is 0 Å². The number of Topliss-reactive ketones (excluding diaryl/α,β-unsaturated/α-hetero) is 1. The average molecular weight is 290 g/mol. The summed E-state index contributed by atoms with van der Waals surface area (Å²) in [7, 11) is 0. The Morgan fingerprint density at radius 1 is 1.20 bits per heavy atom. The van der Waals surface area contributed by atoms with Crippen LogP contribution in [0, 0.1) is 0 Å². The maximum absolute atomic E-state index is 12.6. The summed E-state index contributed by atoms with van der Waals surface area (Å²) < 4.78 is 0. The highest BCUT2D eigenvalue weighted by Gasteiger charge is 2.24. The number of hydrogen-bond donors (Lipinski definition) is 1. The van der Waals surface area contributed by atoms with E-state index in [0.717, 1.165) is 23.1 Å². The number of phenolic OH excluding ortho intramolecular Hbond substituents is 1. The van der Waals surface area contributed by atoms with E-state index in [1.807, 2.05) is 51.3 Å². The molecule has 1 aliphatic heterocycles. The van der Waals surface area contributed by atoms with Crippen molar-refractivity contribution in [2.24, 2.45) is 0 Å². The third-order valence-electron chi connectivity index (χ3n) is 3.68. The van der Waals surface area contributed by atoms with E-state index in [1.54, 1.807) is 11.8 Å². The number of carbonyl (C=O) groups excluding carboxylic acids is 1. The summed E-state index contributed by atoms with van der Waals surface area (Å²) in [6, 6.07) is 3.74. The number of carbonyl (C=O) groups is 1. The molecule has 1 heterocycles. The topological polar surface area (TPSA) is 37.3 Å². The molecule has 2 rings (SSSR count). The van der Waals surface area contributed by atoms with Crippen LogP contribution in [-0.2, 0) is 0 Å². The first-order chi connectivity index (χ1) is 9.41. The Hall–Kier alpha value is -1.22. The Morgan fingerprint density at radius 2 is 1.75 bits per heavy atom. The zero-order valence-electron chi connectivity index (χ0n) is 12.5. The van der Waals surface area contributed by atoms with Crippen molar-refractivity contribution in [3.63, 3.8) is 0 Å². The maximum Gasteiger partial charge on any atom is 0.176 e. The first kappa shape index (κ1) is 15.2. The van der Waals surface area contributed by atoms with Gasteiger partial charge in [-0.1, -0.05) is 33.8 Å². The van der Waals surface area contributed by atoms with Gasteiger partial charge in [-0.25, -0.2) is 0 Å². The van der Waals surface area contributed by atoms with Crippen molar-refractivity contribution < 1.29 is 9.90 Å². The minimum absolute atomic E-state index is 0.000401. The van der Waals surface area contributed by atoms with Crippen molar-refractivity contribution >= 4 is 17.5 Å². The summed E-state index contributed by atoms with van der Waals surface area (Å²) in [6.07, 6.45) is 2.85. The fourth-order valence-electron chi connectivity index (χ4n) is 2.44. The Bertz CT molecular complexity index is 507. The summed E-state index contributed by atoms with van der Waals surface area (Å²) in [6.45, 7) is 8.16. The van der Waals surface area contributed by atoms with Gasteiger partial charge in [-0.15, -0.1) is 11.8 Å². The fourth-order valence-corrected chi connectivity index (χ4v) is 3.34. The van der Waals surface area contributed by atoms with Gasteiger partial charge in [0.15, 0.2) is 5.78 Å². The Labute approximate surface area is 125 Å². The van der Waals surface area contributed by atoms with E-state index in [0.29, 0.717) is 5.75 Å². The molecular weight excluding hydrogens is 268 g/mol. The molecular formula is C17H22O2S. The lowest BCUT2D eigenvalue weighted by atomic mass is 9.90. The number of allylic oxidation sites excluding steroid dienone is 1. The third kappa shape index (κ3) is 2.93. The first-order valence-corrected chi connectivity index (χ1v) is 8.07. The molecule has 0 aromatic heterocycles. The van der Waals surface area contributed by atoms with Gasteiger partial charge in [0, 0.05) is 5.56 Å². The van der Waals surface area contributed by atoms with E-state index in [-0.39, 0.29) is 22.9 Å². The van der Waals surface area contributed by atoms with Gasteiger partial charge in [-0.05, 0) is 46.9 Å². The summed E-state index contributed by atoms with van der Waals surface area (Å²) in [5.74, 6) is 0.928. The van der Waals surface area contributed by atoms with E-state index in [1.165, 1.54) is 0 Å². The van der Waals surface area contributed by atoms with Gasteiger partial charge in [-0.2, -0.15) is 0 Å². The van der Waals surface area contributed by atoms with Crippen LogP contribution in [0.2, 0.25) is 0 Å². The monoisotopic (exact) mass is 290 g/mol. The van der Waals surface area contributed by atoms with E-state index in [9.17, 15) is 9.90 Å². The van der Waals surface area contributed by atoms with Crippen LogP contribution in [0.25, 0.3) is 0 Å². The zero-order chi connectivity index (χ0) is 14.9. The van der Waals surface area contributed by atoms with Crippen LogP contribution < -0.4 is 0 Å². The third-order valence-corrected chi connectivity index (χ3v) is 4.76. The van der Waals surface area contributed by atoms with E-state index >= 15 is 0 Å². The van der Waals surface area contributed by atoms with Crippen LogP contribution in [-0.4, -0.2) is 16.1 Å². The van der Waals surface area contributed by atoms with Gasteiger partial charge >= 0.3 is 0 Å². The van der Waals surface area contributed by atoms with Crippen molar-refractivity contribution in [1.29, 1.82) is 0 Å². The second-order valence-electron chi connectivity index (χ2n) is 5.91. The van der Waals surface area contributed by atoms with Crippen LogP contribution >= 0.6 is 11.8 Å². The molecule has 2 nitrogen and oxygen atoms in total. The molecule has 0 amide bonds. The van der Waals surface area contributed by atoms with Crippen LogP contribution in [0.3, 0.4) is 0 Å². The lowest BCUT2D eigenvalue weighted by Gasteiger charge is -2.18. The number of ketones is 1. The molecule has 1 atom stereocenters. The molecule has 1 aromatic carbocycles. The smallest absolute Gasteiger partial charge is 0.176 e. The summed E-state index contributed by atoms with van der Waals surface area (Å²) in [5.41, 5.74) is 2.47. The van der Waals surface area contributed by atoms with Gasteiger partial charge in [0.2, 0.25) is 0 Å². The first-order valence-electron chi connectivity index (χ1n) is 7.13. The summed E-state index contributed by atoms with van der Waals surface area (Å²) >= 11 is 1.59. The molecule has 108 valence electrons. The van der Waals surface area contributed by atoms with Gasteiger partial charge in [-0.3, -0.25) is 4.79 Å². The van der Waals surface area contributed by atoms with Crippen molar-refractivity contribution in [1.82, 2.24) is 0 Å². The molecule has 0 fully saturated rings. The van der Waals surface area contributed by atoms with E-state index in [4.69, 9.17) is 0 Å². The number of benzene rings is 1. The molecule has 0 bridgehead atoms. The largest absolute Gasteiger partial charge is 0.507 e. The van der Waals surface area contributed by atoms with Gasteiger partial charge < -0.3 is 5.11 Å². The Morgan fingerprint density at radius 3 is 2.15 bits per heavy atom. The highest BCUT2D eigenvalue weighted by molar-refractivity contribution is 8.03. The summed E-state index contributed by atoms with van der Waals surface area (Å²) in [4.78, 5) is 12.6. The Balaban J connectivity index is 2.45. The molecule has 0 spiro atoms. The van der Waals surface area contributed by atoms with E-state index < -0.39 is 0 Å². The van der Waals surface area contributed by atoms with Crippen LogP contribution in [0.5, 0.6) is 5.75 Å². The van der Waals surface area contributed by atoms with Gasteiger partial charge in [0.05, 0.1) is 5.25 Å². The van der Waals surface area contributed by atoms with Crippen molar-refractivity contribution in [2.45, 2.75) is 51.2 Å². The van der Waals surface area contributed by atoms with Crippen LogP contribution in [0.15, 0.2) is 23.6 Å². The normalized spacial score (nSPS) is 18.2. The number of hydrogen-bond acceptors (Lipinski definition) is 3. The van der Waals surface area contributed by atoms with Gasteiger partial charge in [0.25, 0.3) is 0 Å². The molecule has 0 saturated carbocycles. The number of aromatic hydroxyl groups is 1. The molecule has 1 unspecified atom stereocenters. The molecule has 0 aliphatic carbocycles. The SMILES string of the molecule is CC(C)c1cc(C(=O)C2CC=CS2)cc(C(C)C)c1O. The molecule has 0 radical (unpaired) electrons. The van der Waals surface area contributed by atoms with Crippen LogP contribution in [0.4, 0.5) is 0 Å². The molecule has 1 N–H and O–H groups in total. The lowest BCUT2D eigenvalue weighted by Crippen LogP contribution is -2.15. The fraction of sp³-hybridized carbons (Fsp3) is 0.471. The number of rotatable bonds is 4. The molecule has 3 heteroatoms. The second-order valence-corrected chi connectivity index (χ2v) is 7.02. The van der Waals surface area contributed by atoms with Crippen molar-refractivity contribution in [3.8, 4) is 5.75 Å². The predicted molar refractivity (Wildman–Crippen MR) is 85.8 cm³/mol. The highest BCUT2D eigenvalue weighted by atomic mass is 32.2. The minimum atomic E-state index is -0.000401. The molecule has 0 saturated heterocycles. The number of phenols is 1. The second kappa shape index (κ2) is 6.04. The molecule has 1 aliphatic rings. The number of thioether (sulfide) groups is 1. The van der Waals surface area contributed by atoms with Crippen LogP contribution in [0.1, 0.15) is 67.4 Å². The quantitative estimate of drug-likeness (QED) is 0.806. The zero-order valence-corrected chi connectivity index (χ0v) is 13.3. The average Bonchev–Trinajstić information content (AvgIpc) is 2.91. The van der Waals surface area contributed by atoms with Crippen molar-refractivity contribution in [2.75, 3.05) is 0 Å². The maximum atomic E-state index is 12.6. The summed E-state index contributed by atoms with van der Waals surface area (Å²) in [5, 5.41) is 12.4. The lowest BCUT2D eigenvalue weighted by molar-refractivity contribution is 0.0990. The minimum Gasteiger partial charge on any atom is -0.507 e. The highest BCUT2D eigenvalue weighted by Crippen LogP contribution is 2.36. The molecule has 1 aromatic rings. The van der Waals surface area contributed by atoms with Crippen molar-refractivity contribution in [3.05, 3.63) is 40.3 Å².